The summed E-state index contributed by atoms with van der Waals surface area (Å²) in [6.07, 6.45) is 7.10. The third kappa shape index (κ3) is 4.52. The van der Waals surface area contributed by atoms with E-state index in [1.165, 1.54) is 18.4 Å². The zero-order valence-corrected chi connectivity index (χ0v) is 22.1. The van der Waals surface area contributed by atoms with E-state index < -0.39 is 0 Å². The topological polar surface area (TPSA) is 59.9 Å². The minimum Gasteiger partial charge on any atom is -0.452 e. The first-order valence-corrected chi connectivity index (χ1v) is 14.1. The van der Waals surface area contributed by atoms with Crippen LogP contribution in [-0.2, 0) is 5.75 Å². The van der Waals surface area contributed by atoms with Crippen LogP contribution in [0.4, 0.5) is 5.69 Å². The van der Waals surface area contributed by atoms with E-state index in [1.807, 2.05) is 12.1 Å². The highest BCUT2D eigenvalue weighted by atomic mass is 32.2. The number of anilines is 1. The highest BCUT2D eigenvalue weighted by Crippen LogP contribution is 2.52. The number of nitrogens with one attached hydrogen (secondary N) is 1. The molecular weight excluding hydrogens is 464 g/mol. The van der Waals surface area contributed by atoms with E-state index in [9.17, 15) is 0 Å². The second-order valence-corrected chi connectivity index (χ2v) is 12.1. The van der Waals surface area contributed by atoms with Crippen LogP contribution in [0.3, 0.4) is 0 Å². The third-order valence-electron chi connectivity index (χ3n) is 8.34. The molecule has 5 nitrogen and oxygen atoms in total. The van der Waals surface area contributed by atoms with Crippen molar-refractivity contribution in [1.29, 1.82) is 0 Å². The number of thioether (sulfide) groups is 1. The van der Waals surface area contributed by atoms with Gasteiger partial charge in [0, 0.05) is 22.9 Å². The summed E-state index contributed by atoms with van der Waals surface area (Å²) in [6, 6.07) is 18.7. The van der Waals surface area contributed by atoms with E-state index in [-0.39, 0.29) is 6.23 Å². The number of aromatic nitrogens is 3. The Morgan fingerprint density at radius 1 is 1.06 bits per heavy atom. The van der Waals surface area contributed by atoms with Crippen LogP contribution in [0, 0.1) is 23.2 Å². The summed E-state index contributed by atoms with van der Waals surface area (Å²) in [7, 11) is 0. The SMILES string of the molecule is C[C@@H]1CC2=CCCC(C)(C)[C@H]2C[C@@H]1[C@@H]1Nc2ccccc2-c2nnc(SCc3ccccc3)nc2O1. The van der Waals surface area contributed by atoms with E-state index >= 15 is 0 Å². The van der Waals surface area contributed by atoms with Crippen molar-refractivity contribution < 1.29 is 4.74 Å². The fraction of sp³-hybridized carbons (Fsp3) is 0.433. The monoisotopic (exact) mass is 498 g/mol. The maximum Gasteiger partial charge on any atom is 0.247 e. The quantitative estimate of drug-likeness (QED) is 0.299. The Labute approximate surface area is 218 Å². The van der Waals surface area contributed by atoms with Crippen molar-refractivity contribution in [3.05, 3.63) is 71.8 Å². The number of hydrogen-bond donors (Lipinski definition) is 1. The molecule has 1 aliphatic heterocycles. The Balaban J connectivity index is 1.31. The largest absolute Gasteiger partial charge is 0.452 e. The number of fused-ring (bicyclic) bond motifs is 4. The predicted molar refractivity (Wildman–Crippen MR) is 146 cm³/mol. The average molecular weight is 499 g/mol. The standard InChI is InChI=1S/C30H34N4OS/c1-19-16-21-12-9-15-30(2,3)24(21)17-23(19)27-31-25-14-8-7-13-22(25)26-28(35-27)32-29(34-33-26)36-18-20-10-5-4-6-11-20/h4-8,10-14,19,23-24,27,31H,9,15-18H2,1-3H3/t19-,23+,24+,27-/m1/s1. The maximum absolute atomic E-state index is 6.73. The number of para-hydroxylation sites is 1. The second kappa shape index (κ2) is 9.55. The molecule has 186 valence electrons. The Kier molecular flexibility index (Phi) is 6.24. The number of nitrogens with zero attached hydrogens (tertiary/aromatic N) is 3. The van der Waals surface area contributed by atoms with Gasteiger partial charge in [0.1, 0.15) is 0 Å². The van der Waals surface area contributed by atoms with Crippen LogP contribution in [0.5, 0.6) is 5.88 Å². The van der Waals surface area contributed by atoms with Gasteiger partial charge in [0.25, 0.3) is 0 Å². The molecule has 36 heavy (non-hydrogen) atoms. The summed E-state index contributed by atoms with van der Waals surface area (Å²) in [6.45, 7) is 7.26. The van der Waals surface area contributed by atoms with Crippen LogP contribution >= 0.6 is 11.8 Å². The van der Waals surface area contributed by atoms with Gasteiger partial charge in [-0.15, -0.1) is 10.2 Å². The van der Waals surface area contributed by atoms with E-state index in [1.54, 1.807) is 17.3 Å². The summed E-state index contributed by atoms with van der Waals surface area (Å²) in [5.41, 5.74) is 5.98. The number of allylic oxidation sites excluding steroid dienone is 2. The summed E-state index contributed by atoms with van der Waals surface area (Å²) in [5.74, 6) is 2.88. The van der Waals surface area contributed by atoms with Crippen molar-refractivity contribution in [1.82, 2.24) is 15.2 Å². The van der Waals surface area contributed by atoms with Gasteiger partial charge in [-0.1, -0.05) is 92.7 Å². The molecular formula is C30H34N4OS. The molecule has 0 spiro atoms. The number of hydrogen-bond acceptors (Lipinski definition) is 6. The smallest absolute Gasteiger partial charge is 0.247 e. The fourth-order valence-electron chi connectivity index (χ4n) is 6.24. The molecule has 3 aromatic rings. The molecule has 1 aromatic heterocycles. The molecule has 0 radical (unpaired) electrons. The highest BCUT2D eigenvalue weighted by Gasteiger charge is 2.44. The fourth-order valence-corrected chi connectivity index (χ4v) is 6.97. The second-order valence-electron chi connectivity index (χ2n) is 11.2. The maximum atomic E-state index is 6.73. The molecule has 0 amide bonds. The Morgan fingerprint density at radius 2 is 1.86 bits per heavy atom. The Bertz CT molecular complexity index is 1270. The normalized spacial score (nSPS) is 26.2. The zero-order chi connectivity index (χ0) is 24.7. The molecule has 0 unspecified atom stereocenters. The van der Waals surface area contributed by atoms with E-state index in [4.69, 9.17) is 9.72 Å². The van der Waals surface area contributed by atoms with Crippen molar-refractivity contribution in [3.8, 4) is 17.1 Å². The van der Waals surface area contributed by atoms with Crippen molar-refractivity contribution in [3.63, 3.8) is 0 Å². The van der Waals surface area contributed by atoms with Crippen molar-refractivity contribution in [2.24, 2.45) is 23.2 Å². The predicted octanol–water partition coefficient (Wildman–Crippen LogP) is 7.37. The molecule has 0 saturated heterocycles. The van der Waals surface area contributed by atoms with Crippen LogP contribution in [0.15, 0.2) is 71.4 Å². The lowest BCUT2D eigenvalue weighted by Crippen LogP contribution is -2.45. The first-order chi connectivity index (χ1) is 17.5. The van der Waals surface area contributed by atoms with E-state index in [0.29, 0.717) is 39.9 Å². The van der Waals surface area contributed by atoms with E-state index in [0.717, 1.165) is 29.8 Å². The lowest BCUT2D eigenvalue weighted by Gasteiger charge is -2.48. The van der Waals surface area contributed by atoms with Crippen LogP contribution < -0.4 is 10.1 Å². The zero-order valence-electron chi connectivity index (χ0n) is 21.3. The molecule has 6 rings (SSSR count). The Morgan fingerprint density at radius 3 is 2.72 bits per heavy atom. The van der Waals surface area contributed by atoms with Gasteiger partial charge >= 0.3 is 0 Å². The molecule has 2 aliphatic carbocycles. The first-order valence-electron chi connectivity index (χ1n) is 13.1. The van der Waals surface area contributed by atoms with Gasteiger partial charge in [0.15, 0.2) is 11.9 Å². The molecule has 4 atom stereocenters. The number of rotatable bonds is 4. The molecule has 0 bridgehead atoms. The van der Waals surface area contributed by atoms with Crippen molar-refractivity contribution >= 4 is 17.4 Å². The molecule has 2 aromatic carbocycles. The van der Waals surface area contributed by atoms with Gasteiger partial charge in [-0.3, -0.25) is 0 Å². The first kappa shape index (κ1) is 23.5. The summed E-state index contributed by atoms with van der Waals surface area (Å²) >= 11 is 1.59. The van der Waals surface area contributed by atoms with Gasteiger partial charge in [-0.25, -0.2) is 0 Å². The summed E-state index contributed by atoms with van der Waals surface area (Å²) < 4.78 is 6.73. The van der Waals surface area contributed by atoms with Crippen molar-refractivity contribution in [2.75, 3.05) is 5.32 Å². The summed E-state index contributed by atoms with van der Waals surface area (Å²) in [5, 5.41) is 13.5. The minimum absolute atomic E-state index is 0.162. The Hall–Kier alpha value is -2.86. The number of benzene rings is 2. The highest BCUT2D eigenvalue weighted by molar-refractivity contribution is 7.98. The number of ether oxygens (including phenoxy) is 1. The van der Waals surface area contributed by atoms with Crippen LogP contribution in [0.1, 0.15) is 52.0 Å². The summed E-state index contributed by atoms with van der Waals surface area (Å²) in [4.78, 5) is 4.88. The lowest BCUT2D eigenvalue weighted by molar-refractivity contribution is 0.0519. The van der Waals surface area contributed by atoms with Crippen molar-refractivity contribution in [2.45, 2.75) is 63.6 Å². The minimum atomic E-state index is -0.162. The molecule has 1 fully saturated rings. The molecule has 1 saturated carbocycles. The average Bonchev–Trinajstić information content (AvgIpc) is 3.04. The molecule has 2 heterocycles. The van der Waals surface area contributed by atoms with Gasteiger partial charge in [0.05, 0.1) is 0 Å². The molecule has 1 N–H and O–H groups in total. The van der Waals surface area contributed by atoms with Crippen LogP contribution in [0.2, 0.25) is 0 Å². The molecule has 3 aliphatic rings. The van der Waals surface area contributed by atoms with Gasteiger partial charge in [-0.05, 0) is 54.6 Å². The van der Waals surface area contributed by atoms with E-state index in [2.05, 4.69) is 84.8 Å². The van der Waals surface area contributed by atoms with Gasteiger partial charge in [-0.2, -0.15) is 4.98 Å². The lowest BCUT2D eigenvalue weighted by atomic mass is 9.59. The molecule has 6 heteroatoms. The van der Waals surface area contributed by atoms with Gasteiger partial charge < -0.3 is 10.1 Å². The van der Waals surface area contributed by atoms with Crippen LogP contribution in [0.25, 0.3) is 11.3 Å². The van der Waals surface area contributed by atoms with Crippen LogP contribution in [-0.4, -0.2) is 21.4 Å². The van der Waals surface area contributed by atoms with Gasteiger partial charge in [0.2, 0.25) is 11.0 Å². The third-order valence-corrected chi connectivity index (χ3v) is 9.24.